The first-order chi connectivity index (χ1) is 13.4. The third-order valence-corrected chi connectivity index (χ3v) is 6.19. The minimum Gasteiger partial charge on any atom is -0.465 e. The molecule has 1 aliphatic rings. The van der Waals surface area contributed by atoms with Crippen LogP contribution in [0.25, 0.3) is 0 Å². The van der Waals surface area contributed by atoms with Crippen LogP contribution in [0.4, 0.5) is 16.4 Å². The average Bonchev–Trinajstić information content (AvgIpc) is 2.83. The summed E-state index contributed by atoms with van der Waals surface area (Å²) >= 11 is 12.9. The predicted molar refractivity (Wildman–Crippen MR) is 115 cm³/mol. The summed E-state index contributed by atoms with van der Waals surface area (Å²) in [6.07, 6.45) is 4.99. The number of nitrogens with one attached hydrogen (secondary N) is 2. The molecule has 7 nitrogen and oxygen atoms in total. The van der Waals surface area contributed by atoms with Gasteiger partial charge in [-0.05, 0) is 49.5 Å². The molecule has 148 valence electrons. The van der Waals surface area contributed by atoms with Crippen LogP contribution in [-0.2, 0) is 17.6 Å². The molecule has 0 fully saturated rings. The van der Waals surface area contributed by atoms with Gasteiger partial charge in [0.05, 0.1) is 28.3 Å². The van der Waals surface area contributed by atoms with E-state index in [1.165, 1.54) is 36.6 Å². The lowest BCUT2D eigenvalue weighted by Gasteiger charge is -2.12. The number of aryl methyl sites for hydroxylation is 1. The van der Waals surface area contributed by atoms with Crippen molar-refractivity contribution in [3.8, 4) is 0 Å². The minimum absolute atomic E-state index is 0.104. The molecule has 0 atom stereocenters. The maximum Gasteiger partial charge on any atom is 0.341 e. The number of methoxy groups -OCH3 is 1. The Hall–Kier alpha value is -2.23. The summed E-state index contributed by atoms with van der Waals surface area (Å²) in [6.45, 7) is 0. The summed E-state index contributed by atoms with van der Waals surface area (Å²) in [5.41, 5.74) is 1.74. The number of nitro benzene ring substituents is 1. The molecule has 10 heteroatoms. The largest absolute Gasteiger partial charge is 0.465 e. The maximum atomic E-state index is 12.4. The average molecular weight is 440 g/mol. The van der Waals surface area contributed by atoms with E-state index in [0.717, 1.165) is 42.5 Å². The highest BCUT2D eigenvalue weighted by Crippen LogP contribution is 2.38. The number of ether oxygens (including phenoxy) is 1. The van der Waals surface area contributed by atoms with Gasteiger partial charge in [-0.1, -0.05) is 18.0 Å². The number of thiophene rings is 1. The van der Waals surface area contributed by atoms with Crippen molar-refractivity contribution in [3.05, 3.63) is 49.3 Å². The quantitative estimate of drug-likeness (QED) is 0.223. The van der Waals surface area contributed by atoms with Crippen LogP contribution in [-0.4, -0.2) is 23.1 Å². The van der Waals surface area contributed by atoms with E-state index in [4.69, 9.17) is 28.6 Å². The number of esters is 1. The monoisotopic (exact) mass is 439 g/mol. The van der Waals surface area contributed by atoms with E-state index in [-0.39, 0.29) is 10.8 Å². The number of halogens is 1. The molecule has 1 aromatic heterocycles. The molecule has 0 amide bonds. The summed E-state index contributed by atoms with van der Waals surface area (Å²) < 4.78 is 4.97. The van der Waals surface area contributed by atoms with E-state index < -0.39 is 10.9 Å². The molecule has 28 heavy (non-hydrogen) atoms. The Labute approximate surface area is 176 Å². The van der Waals surface area contributed by atoms with Gasteiger partial charge in [-0.2, -0.15) is 0 Å². The molecule has 0 bridgehead atoms. The molecule has 1 aliphatic carbocycles. The molecule has 1 aromatic carbocycles. The van der Waals surface area contributed by atoms with E-state index >= 15 is 0 Å². The van der Waals surface area contributed by atoms with Crippen molar-refractivity contribution in [2.45, 2.75) is 32.1 Å². The van der Waals surface area contributed by atoms with Crippen LogP contribution in [0.2, 0.25) is 5.02 Å². The van der Waals surface area contributed by atoms with Crippen molar-refractivity contribution in [2.24, 2.45) is 0 Å². The Morgan fingerprint density at radius 2 is 2.04 bits per heavy atom. The lowest BCUT2D eigenvalue weighted by Crippen LogP contribution is -2.20. The second-order valence-corrected chi connectivity index (χ2v) is 8.18. The zero-order valence-corrected chi connectivity index (χ0v) is 17.4. The van der Waals surface area contributed by atoms with E-state index in [9.17, 15) is 14.9 Å². The van der Waals surface area contributed by atoms with E-state index in [1.807, 2.05) is 0 Å². The molecule has 3 rings (SSSR count). The molecule has 2 aromatic rings. The summed E-state index contributed by atoms with van der Waals surface area (Å²) in [6, 6.07) is 4.05. The topological polar surface area (TPSA) is 93.5 Å². The lowest BCUT2D eigenvalue weighted by atomic mass is 10.1. The number of carbonyl (C=O) groups excluding carboxylic acids is 1. The van der Waals surface area contributed by atoms with E-state index in [0.29, 0.717) is 21.3 Å². The fourth-order valence-corrected chi connectivity index (χ4v) is 4.85. The van der Waals surface area contributed by atoms with E-state index in [2.05, 4.69) is 10.6 Å². The number of carbonyl (C=O) groups is 1. The Balaban J connectivity index is 1.85. The van der Waals surface area contributed by atoms with Gasteiger partial charge in [0.2, 0.25) is 0 Å². The van der Waals surface area contributed by atoms with Gasteiger partial charge in [0.1, 0.15) is 5.00 Å². The number of hydrogen-bond donors (Lipinski definition) is 2. The first-order valence-electron chi connectivity index (χ1n) is 8.65. The van der Waals surface area contributed by atoms with Gasteiger partial charge in [-0.15, -0.1) is 11.3 Å². The van der Waals surface area contributed by atoms with Crippen LogP contribution in [0.5, 0.6) is 0 Å². The van der Waals surface area contributed by atoms with Gasteiger partial charge in [-0.3, -0.25) is 10.1 Å². The molecule has 0 aliphatic heterocycles. The first kappa shape index (κ1) is 20.5. The van der Waals surface area contributed by atoms with Crippen molar-refractivity contribution in [2.75, 3.05) is 17.7 Å². The number of nitrogens with zero attached hydrogens (tertiary/aromatic N) is 1. The molecular formula is C18H18ClN3O4S2. The normalized spacial score (nSPS) is 13.2. The number of hydrogen-bond acceptors (Lipinski definition) is 6. The molecule has 0 unspecified atom stereocenters. The number of anilines is 2. The summed E-state index contributed by atoms with van der Waals surface area (Å²) in [5, 5.41) is 18.0. The highest BCUT2D eigenvalue weighted by molar-refractivity contribution is 7.80. The molecule has 0 saturated heterocycles. The number of non-ortho nitro benzene ring substituents is 1. The number of fused-ring (bicyclic) bond motifs is 1. The standard InChI is InChI=1S/C18H18ClN3O4S2/c1-26-17(23)15-11-5-3-2-4-6-14(11)28-16(15)21-18(27)20-13-9-10(22(24)25)7-8-12(13)19/h7-9H,2-6H2,1H3,(H2,20,21,27). The first-order valence-corrected chi connectivity index (χ1v) is 10.3. The molecule has 2 N–H and O–H groups in total. The van der Waals surface area contributed by atoms with Gasteiger partial charge < -0.3 is 15.4 Å². The smallest absolute Gasteiger partial charge is 0.341 e. The fourth-order valence-electron chi connectivity index (χ4n) is 3.13. The number of nitro groups is 1. The van der Waals surface area contributed by atoms with Crippen LogP contribution in [0.3, 0.4) is 0 Å². The molecule has 0 saturated carbocycles. The van der Waals surface area contributed by atoms with Gasteiger partial charge in [-0.25, -0.2) is 4.79 Å². The van der Waals surface area contributed by atoms with Gasteiger partial charge >= 0.3 is 5.97 Å². The maximum absolute atomic E-state index is 12.4. The van der Waals surface area contributed by atoms with Crippen molar-refractivity contribution < 1.29 is 14.5 Å². The molecule has 1 heterocycles. The number of thiocarbonyl (C=S) groups is 1. The third kappa shape index (κ3) is 4.43. The summed E-state index contributed by atoms with van der Waals surface area (Å²) in [5.74, 6) is -0.405. The highest BCUT2D eigenvalue weighted by Gasteiger charge is 2.26. The van der Waals surface area contributed by atoms with Crippen LogP contribution < -0.4 is 10.6 Å². The highest BCUT2D eigenvalue weighted by atomic mass is 35.5. The Morgan fingerprint density at radius 3 is 2.75 bits per heavy atom. The van der Waals surface area contributed by atoms with Crippen LogP contribution in [0.1, 0.15) is 40.1 Å². The number of rotatable bonds is 4. The van der Waals surface area contributed by atoms with Crippen molar-refractivity contribution in [3.63, 3.8) is 0 Å². The molecule has 0 spiro atoms. The second-order valence-electron chi connectivity index (χ2n) is 6.26. The predicted octanol–water partition coefficient (Wildman–Crippen LogP) is 5.17. The van der Waals surface area contributed by atoms with Gasteiger partial charge in [0.15, 0.2) is 5.11 Å². The van der Waals surface area contributed by atoms with Gasteiger partial charge in [0, 0.05) is 17.0 Å². The Morgan fingerprint density at radius 1 is 1.29 bits per heavy atom. The van der Waals surface area contributed by atoms with Crippen LogP contribution >= 0.6 is 35.2 Å². The number of benzene rings is 1. The second kappa shape index (κ2) is 8.85. The van der Waals surface area contributed by atoms with Crippen molar-refractivity contribution >= 4 is 62.6 Å². The van der Waals surface area contributed by atoms with Crippen molar-refractivity contribution in [1.29, 1.82) is 0 Å². The summed E-state index contributed by atoms with van der Waals surface area (Å²) in [4.78, 5) is 24.0. The minimum atomic E-state index is -0.510. The van der Waals surface area contributed by atoms with Crippen LogP contribution in [0, 0.1) is 10.1 Å². The van der Waals surface area contributed by atoms with Crippen LogP contribution in [0.15, 0.2) is 18.2 Å². The van der Waals surface area contributed by atoms with E-state index in [1.54, 1.807) is 0 Å². The van der Waals surface area contributed by atoms with Gasteiger partial charge in [0.25, 0.3) is 5.69 Å². The zero-order valence-electron chi connectivity index (χ0n) is 15.0. The zero-order chi connectivity index (χ0) is 20.3. The Kier molecular flexibility index (Phi) is 6.48. The Bertz CT molecular complexity index is 945. The SMILES string of the molecule is COC(=O)c1c(NC(=S)Nc2cc([N+](=O)[O-])ccc2Cl)sc2c1CCCCC2. The molecular weight excluding hydrogens is 422 g/mol. The fraction of sp³-hybridized carbons (Fsp3) is 0.333. The third-order valence-electron chi connectivity index (χ3n) is 4.45. The lowest BCUT2D eigenvalue weighted by molar-refractivity contribution is -0.384. The summed E-state index contributed by atoms with van der Waals surface area (Å²) in [7, 11) is 1.35. The molecule has 0 radical (unpaired) electrons. The van der Waals surface area contributed by atoms with Crippen molar-refractivity contribution in [1.82, 2.24) is 0 Å².